The van der Waals surface area contributed by atoms with Gasteiger partial charge in [0.05, 0.1) is 11.3 Å². The molecule has 0 saturated heterocycles. The Morgan fingerprint density at radius 3 is 2.81 bits per heavy atom. The molecule has 0 aliphatic carbocycles. The van der Waals surface area contributed by atoms with Gasteiger partial charge < -0.3 is 10.3 Å². The fraction of sp³-hybridized carbons (Fsp3) is 0.133. The second kappa shape index (κ2) is 5.29. The van der Waals surface area contributed by atoms with Crippen molar-refractivity contribution in [1.82, 2.24) is 15.1 Å². The first-order valence-corrected chi connectivity index (χ1v) is 7.17. The Kier molecular flexibility index (Phi) is 3.47. The summed E-state index contributed by atoms with van der Waals surface area (Å²) in [5, 5.41) is 4.00. The zero-order valence-electron chi connectivity index (χ0n) is 11.6. The van der Waals surface area contributed by atoms with Crippen LogP contribution in [0.3, 0.4) is 0 Å². The van der Waals surface area contributed by atoms with E-state index in [2.05, 4.69) is 31.1 Å². The molecule has 0 unspecified atom stereocenters. The Morgan fingerprint density at radius 2 is 2.05 bits per heavy atom. The van der Waals surface area contributed by atoms with E-state index >= 15 is 0 Å². The number of rotatable bonds is 2. The average molecular weight is 345 g/mol. The summed E-state index contributed by atoms with van der Waals surface area (Å²) >= 11 is 3.39. The van der Waals surface area contributed by atoms with E-state index in [-0.39, 0.29) is 0 Å². The summed E-state index contributed by atoms with van der Waals surface area (Å²) in [6.45, 7) is 3.96. The van der Waals surface area contributed by atoms with Crippen LogP contribution >= 0.6 is 15.9 Å². The van der Waals surface area contributed by atoms with Crippen LogP contribution in [-0.4, -0.2) is 15.1 Å². The Bertz CT molecular complexity index is 813. The number of halogens is 1. The number of benzene rings is 1. The molecule has 0 bridgehead atoms. The van der Waals surface area contributed by atoms with E-state index in [0.29, 0.717) is 28.7 Å². The van der Waals surface area contributed by atoms with Crippen molar-refractivity contribution in [3.63, 3.8) is 0 Å². The number of para-hydroxylation sites is 1. The van der Waals surface area contributed by atoms with E-state index in [1.165, 1.54) is 0 Å². The van der Waals surface area contributed by atoms with E-state index in [1.807, 2.05) is 38.1 Å². The molecular formula is C15H13BrN4O. The lowest BCUT2D eigenvalue weighted by molar-refractivity contribution is 0.432. The minimum Gasteiger partial charge on any atom is -0.397 e. The molecule has 106 valence electrons. The highest BCUT2D eigenvalue weighted by Gasteiger charge is 2.16. The van der Waals surface area contributed by atoms with Crippen molar-refractivity contribution < 1.29 is 4.52 Å². The van der Waals surface area contributed by atoms with Gasteiger partial charge in [-0.05, 0) is 53.0 Å². The smallest absolute Gasteiger partial charge is 0.260 e. The van der Waals surface area contributed by atoms with Crippen LogP contribution in [0.2, 0.25) is 0 Å². The second-order valence-electron chi connectivity index (χ2n) is 4.80. The molecule has 0 saturated carbocycles. The van der Waals surface area contributed by atoms with Crippen LogP contribution in [-0.2, 0) is 0 Å². The van der Waals surface area contributed by atoms with Crippen molar-refractivity contribution in [2.45, 2.75) is 13.8 Å². The van der Waals surface area contributed by atoms with E-state index in [0.717, 1.165) is 15.6 Å². The highest BCUT2D eigenvalue weighted by atomic mass is 79.9. The quantitative estimate of drug-likeness (QED) is 0.716. The predicted molar refractivity (Wildman–Crippen MR) is 84.6 cm³/mol. The molecule has 0 atom stereocenters. The highest BCUT2D eigenvalue weighted by Crippen LogP contribution is 2.31. The topological polar surface area (TPSA) is 77.8 Å². The minimum absolute atomic E-state index is 0.380. The van der Waals surface area contributed by atoms with Crippen LogP contribution in [0.1, 0.15) is 11.1 Å². The number of hydrogen-bond donors (Lipinski definition) is 1. The highest BCUT2D eigenvalue weighted by molar-refractivity contribution is 9.10. The molecule has 0 amide bonds. The zero-order valence-corrected chi connectivity index (χ0v) is 13.2. The van der Waals surface area contributed by atoms with E-state index in [9.17, 15) is 0 Å². The molecule has 3 aromatic rings. The van der Waals surface area contributed by atoms with Gasteiger partial charge >= 0.3 is 0 Å². The maximum Gasteiger partial charge on any atom is 0.260 e. The Morgan fingerprint density at radius 1 is 1.24 bits per heavy atom. The van der Waals surface area contributed by atoms with Crippen molar-refractivity contribution in [3.05, 3.63) is 46.1 Å². The van der Waals surface area contributed by atoms with Crippen molar-refractivity contribution in [3.8, 4) is 23.0 Å². The molecule has 2 N–H and O–H groups in total. The molecule has 0 radical (unpaired) electrons. The Balaban J connectivity index is 2.06. The molecule has 0 aliphatic rings. The lowest BCUT2D eigenvalue weighted by Gasteiger charge is -2.02. The summed E-state index contributed by atoms with van der Waals surface area (Å²) in [4.78, 5) is 8.77. The SMILES string of the molecule is Cc1cnc(-c2noc(-c3cccc(Br)c3N)n2)c(C)c1. The number of hydrogen-bond acceptors (Lipinski definition) is 5. The summed E-state index contributed by atoms with van der Waals surface area (Å²) < 4.78 is 6.12. The number of aromatic nitrogens is 3. The molecule has 21 heavy (non-hydrogen) atoms. The first-order chi connectivity index (χ1) is 10.1. The Labute approximate surface area is 130 Å². The van der Waals surface area contributed by atoms with E-state index < -0.39 is 0 Å². The van der Waals surface area contributed by atoms with Crippen molar-refractivity contribution in [2.24, 2.45) is 0 Å². The van der Waals surface area contributed by atoms with E-state index in [1.54, 1.807) is 6.20 Å². The molecule has 0 spiro atoms. The molecule has 2 aromatic heterocycles. The molecule has 5 nitrogen and oxygen atoms in total. The van der Waals surface area contributed by atoms with Crippen LogP contribution in [0.4, 0.5) is 5.69 Å². The fourth-order valence-electron chi connectivity index (χ4n) is 2.10. The lowest BCUT2D eigenvalue weighted by Crippen LogP contribution is -1.93. The van der Waals surface area contributed by atoms with Crippen molar-refractivity contribution in [2.75, 3.05) is 5.73 Å². The lowest BCUT2D eigenvalue weighted by atomic mass is 10.1. The summed E-state index contributed by atoms with van der Waals surface area (Å²) in [6, 6.07) is 7.61. The third-order valence-electron chi connectivity index (χ3n) is 3.14. The molecule has 1 aromatic carbocycles. The van der Waals surface area contributed by atoms with Crippen LogP contribution in [0.5, 0.6) is 0 Å². The minimum atomic E-state index is 0.380. The Hall–Kier alpha value is -2.21. The van der Waals surface area contributed by atoms with Gasteiger partial charge in [0, 0.05) is 10.7 Å². The molecule has 2 heterocycles. The number of nitrogens with two attached hydrogens (primary N) is 1. The van der Waals surface area contributed by atoms with Crippen LogP contribution in [0.25, 0.3) is 23.0 Å². The monoisotopic (exact) mass is 344 g/mol. The van der Waals surface area contributed by atoms with Gasteiger partial charge in [0.15, 0.2) is 0 Å². The number of anilines is 1. The maximum absolute atomic E-state index is 6.02. The molecular weight excluding hydrogens is 332 g/mol. The number of aryl methyl sites for hydroxylation is 2. The van der Waals surface area contributed by atoms with Gasteiger partial charge in [-0.15, -0.1) is 0 Å². The van der Waals surface area contributed by atoms with Gasteiger partial charge in [-0.3, -0.25) is 4.98 Å². The standard InChI is InChI=1S/C15H13BrN4O/c1-8-6-9(2)13(18-7-8)14-19-15(21-20-14)10-4-3-5-11(16)12(10)17/h3-7H,17H2,1-2H3. The van der Waals surface area contributed by atoms with Crippen molar-refractivity contribution >= 4 is 21.6 Å². The van der Waals surface area contributed by atoms with Gasteiger partial charge in [0.1, 0.15) is 5.69 Å². The van der Waals surface area contributed by atoms with Crippen LogP contribution in [0.15, 0.2) is 39.5 Å². The van der Waals surface area contributed by atoms with Gasteiger partial charge in [-0.1, -0.05) is 17.3 Å². The van der Waals surface area contributed by atoms with Gasteiger partial charge in [0.25, 0.3) is 5.89 Å². The number of pyridine rings is 1. The largest absolute Gasteiger partial charge is 0.397 e. The summed E-state index contributed by atoms with van der Waals surface area (Å²) in [7, 11) is 0. The van der Waals surface area contributed by atoms with Crippen molar-refractivity contribution in [1.29, 1.82) is 0 Å². The van der Waals surface area contributed by atoms with Crippen LogP contribution < -0.4 is 5.73 Å². The summed E-state index contributed by atoms with van der Waals surface area (Å²) in [5.74, 6) is 0.840. The molecule has 6 heteroatoms. The summed E-state index contributed by atoms with van der Waals surface area (Å²) in [6.07, 6.45) is 1.78. The summed E-state index contributed by atoms with van der Waals surface area (Å²) in [5.41, 5.74) is 10.1. The third-order valence-corrected chi connectivity index (χ3v) is 3.83. The fourth-order valence-corrected chi connectivity index (χ4v) is 2.47. The zero-order chi connectivity index (χ0) is 15.0. The first-order valence-electron chi connectivity index (χ1n) is 6.38. The van der Waals surface area contributed by atoms with Gasteiger partial charge in [-0.25, -0.2) is 0 Å². The molecule has 0 fully saturated rings. The van der Waals surface area contributed by atoms with Crippen LogP contribution in [0, 0.1) is 13.8 Å². The van der Waals surface area contributed by atoms with Gasteiger partial charge in [-0.2, -0.15) is 4.98 Å². The second-order valence-corrected chi connectivity index (χ2v) is 5.66. The normalized spacial score (nSPS) is 10.8. The first kappa shape index (κ1) is 13.8. The number of nitrogens with zero attached hydrogens (tertiary/aromatic N) is 3. The third kappa shape index (κ3) is 2.54. The maximum atomic E-state index is 6.02. The van der Waals surface area contributed by atoms with E-state index in [4.69, 9.17) is 10.3 Å². The average Bonchev–Trinajstić information content (AvgIpc) is 2.91. The number of nitrogen functional groups attached to an aromatic ring is 1. The molecule has 0 aliphatic heterocycles. The predicted octanol–water partition coefficient (Wildman–Crippen LogP) is 3.76. The van der Waals surface area contributed by atoms with Gasteiger partial charge in [0.2, 0.25) is 5.82 Å². The molecule has 3 rings (SSSR count).